The highest BCUT2D eigenvalue weighted by molar-refractivity contribution is 9.10. The van der Waals surface area contributed by atoms with E-state index in [0.717, 1.165) is 43.0 Å². The van der Waals surface area contributed by atoms with Gasteiger partial charge in [-0.25, -0.2) is 8.42 Å². The molecule has 2 atom stereocenters. The molecule has 1 aliphatic carbocycles. The summed E-state index contributed by atoms with van der Waals surface area (Å²) >= 11 is 3.33. The molecule has 134 valence electrons. The van der Waals surface area contributed by atoms with Crippen LogP contribution in [0.3, 0.4) is 0 Å². The minimum atomic E-state index is -3.46. The van der Waals surface area contributed by atoms with E-state index < -0.39 is 15.6 Å². The Hall–Kier alpha value is -0.880. The van der Waals surface area contributed by atoms with Gasteiger partial charge in [0, 0.05) is 10.5 Å². The molecule has 1 aliphatic rings. The third kappa shape index (κ3) is 6.20. The Balaban J connectivity index is 1.88. The van der Waals surface area contributed by atoms with Crippen LogP contribution in [0.15, 0.2) is 28.7 Å². The number of sulfone groups is 1. The number of nitrogens with one attached hydrogen (secondary N) is 1. The zero-order chi connectivity index (χ0) is 17.6. The van der Waals surface area contributed by atoms with Gasteiger partial charge < -0.3 is 5.32 Å². The SMILES string of the molecule is CCCCC1CCCC1NC(=O)CS(=O)(=O)Cc1cccc(Br)c1. The predicted molar refractivity (Wildman–Crippen MR) is 100 cm³/mol. The highest BCUT2D eigenvalue weighted by Crippen LogP contribution is 2.29. The molecule has 1 fully saturated rings. The van der Waals surface area contributed by atoms with Gasteiger partial charge in [-0.15, -0.1) is 0 Å². The monoisotopic (exact) mass is 415 g/mol. The Morgan fingerprint density at radius 1 is 1.33 bits per heavy atom. The average Bonchev–Trinajstić information content (AvgIpc) is 2.90. The van der Waals surface area contributed by atoms with Crippen molar-refractivity contribution in [3.05, 3.63) is 34.3 Å². The smallest absolute Gasteiger partial charge is 0.235 e. The zero-order valence-electron chi connectivity index (χ0n) is 14.1. The van der Waals surface area contributed by atoms with E-state index in [-0.39, 0.29) is 17.7 Å². The first-order chi connectivity index (χ1) is 11.4. The normalized spacial score (nSPS) is 20.9. The van der Waals surface area contributed by atoms with Crippen LogP contribution in [0.2, 0.25) is 0 Å². The van der Waals surface area contributed by atoms with Crippen LogP contribution in [0, 0.1) is 5.92 Å². The molecule has 0 radical (unpaired) electrons. The summed E-state index contributed by atoms with van der Waals surface area (Å²) < 4.78 is 25.4. The average molecular weight is 416 g/mol. The number of unbranched alkanes of at least 4 members (excludes halogenated alkanes) is 1. The number of carbonyl (C=O) groups is 1. The molecule has 0 bridgehead atoms. The lowest BCUT2D eigenvalue weighted by atomic mass is 9.97. The van der Waals surface area contributed by atoms with Crippen LogP contribution in [0.4, 0.5) is 0 Å². The topological polar surface area (TPSA) is 63.2 Å². The molecule has 0 spiro atoms. The van der Waals surface area contributed by atoms with E-state index in [1.54, 1.807) is 18.2 Å². The summed E-state index contributed by atoms with van der Waals surface area (Å²) in [6.45, 7) is 2.16. The van der Waals surface area contributed by atoms with Gasteiger partial charge in [-0.1, -0.05) is 54.2 Å². The van der Waals surface area contributed by atoms with Gasteiger partial charge in [0.25, 0.3) is 0 Å². The van der Waals surface area contributed by atoms with E-state index in [9.17, 15) is 13.2 Å². The molecular weight excluding hydrogens is 390 g/mol. The van der Waals surface area contributed by atoms with Gasteiger partial charge in [0.2, 0.25) is 5.91 Å². The van der Waals surface area contributed by atoms with Gasteiger partial charge in [0.15, 0.2) is 9.84 Å². The van der Waals surface area contributed by atoms with E-state index in [1.807, 2.05) is 6.07 Å². The van der Waals surface area contributed by atoms with E-state index in [0.29, 0.717) is 11.5 Å². The minimum absolute atomic E-state index is 0.107. The van der Waals surface area contributed by atoms with Crippen LogP contribution >= 0.6 is 15.9 Å². The second-order valence-corrected chi connectivity index (χ2v) is 9.65. The molecule has 2 unspecified atom stereocenters. The van der Waals surface area contributed by atoms with Crippen molar-refractivity contribution >= 4 is 31.7 Å². The molecule has 6 heteroatoms. The summed E-state index contributed by atoms with van der Waals surface area (Å²) in [6, 6.07) is 7.32. The van der Waals surface area contributed by atoms with Crippen LogP contribution in [0.1, 0.15) is 51.0 Å². The van der Waals surface area contributed by atoms with Crippen LogP contribution in [-0.2, 0) is 20.4 Å². The number of carbonyl (C=O) groups excluding carboxylic acids is 1. The van der Waals surface area contributed by atoms with Crippen molar-refractivity contribution in [2.24, 2.45) is 5.92 Å². The first kappa shape index (κ1) is 19.4. The molecular formula is C18H26BrNO3S. The Labute approximate surface area is 153 Å². The Morgan fingerprint density at radius 3 is 2.83 bits per heavy atom. The van der Waals surface area contributed by atoms with Crippen LogP contribution in [-0.4, -0.2) is 26.1 Å². The maximum Gasteiger partial charge on any atom is 0.235 e. The maximum absolute atomic E-state index is 12.3. The lowest BCUT2D eigenvalue weighted by Crippen LogP contribution is -2.40. The van der Waals surface area contributed by atoms with E-state index in [1.165, 1.54) is 0 Å². The summed E-state index contributed by atoms with van der Waals surface area (Å²) in [7, 11) is -3.46. The van der Waals surface area contributed by atoms with Crippen molar-refractivity contribution in [3.8, 4) is 0 Å². The van der Waals surface area contributed by atoms with Crippen molar-refractivity contribution in [2.45, 2.75) is 57.2 Å². The summed E-state index contributed by atoms with van der Waals surface area (Å²) in [5, 5.41) is 2.96. The maximum atomic E-state index is 12.3. The van der Waals surface area contributed by atoms with Gasteiger partial charge in [-0.05, 0) is 42.9 Å². The molecule has 1 aromatic carbocycles. The molecule has 1 N–H and O–H groups in total. The van der Waals surface area contributed by atoms with Crippen molar-refractivity contribution in [3.63, 3.8) is 0 Å². The standard InChI is InChI=1S/C18H26BrNO3S/c1-2-3-7-15-8-5-10-17(15)20-18(21)13-24(22,23)12-14-6-4-9-16(19)11-14/h4,6,9,11,15,17H,2-3,5,7-8,10,12-13H2,1H3,(H,20,21). The second kappa shape index (κ2) is 8.99. The molecule has 0 aromatic heterocycles. The van der Waals surface area contributed by atoms with Gasteiger partial charge >= 0.3 is 0 Å². The van der Waals surface area contributed by atoms with E-state index >= 15 is 0 Å². The molecule has 1 aromatic rings. The van der Waals surface area contributed by atoms with E-state index in [2.05, 4.69) is 28.2 Å². The Morgan fingerprint density at radius 2 is 2.12 bits per heavy atom. The number of amides is 1. The fourth-order valence-electron chi connectivity index (χ4n) is 3.42. The van der Waals surface area contributed by atoms with Gasteiger partial charge in [0.05, 0.1) is 5.75 Å². The van der Waals surface area contributed by atoms with Crippen LogP contribution in [0.25, 0.3) is 0 Å². The van der Waals surface area contributed by atoms with Gasteiger partial charge in [0.1, 0.15) is 5.75 Å². The van der Waals surface area contributed by atoms with Crippen LogP contribution < -0.4 is 5.32 Å². The number of hydrogen-bond acceptors (Lipinski definition) is 3. The lowest BCUT2D eigenvalue weighted by molar-refractivity contribution is -0.119. The fraction of sp³-hybridized carbons (Fsp3) is 0.611. The largest absolute Gasteiger partial charge is 0.352 e. The Bertz CT molecular complexity index is 660. The molecule has 4 nitrogen and oxygen atoms in total. The second-order valence-electron chi connectivity index (χ2n) is 6.67. The van der Waals surface area contributed by atoms with E-state index in [4.69, 9.17) is 0 Å². The molecule has 0 heterocycles. The molecule has 0 aliphatic heterocycles. The molecule has 1 saturated carbocycles. The molecule has 1 amide bonds. The zero-order valence-corrected chi connectivity index (χ0v) is 16.5. The highest BCUT2D eigenvalue weighted by Gasteiger charge is 2.29. The number of rotatable bonds is 8. The third-order valence-electron chi connectivity index (χ3n) is 4.56. The first-order valence-electron chi connectivity index (χ1n) is 8.64. The number of benzene rings is 1. The van der Waals surface area contributed by atoms with Crippen LogP contribution in [0.5, 0.6) is 0 Å². The van der Waals surface area contributed by atoms with Gasteiger partial charge in [-0.3, -0.25) is 4.79 Å². The fourth-order valence-corrected chi connectivity index (χ4v) is 5.14. The number of halogens is 1. The number of hydrogen-bond donors (Lipinski definition) is 1. The lowest BCUT2D eigenvalue weighted by Gasteiger charge is -2.20. The van der Waals surface area contributed by atoms with Crippen molar-refractivity contribution < 1.29 is 13.2 Å². The van der Waals surface area contributed by atoms with Crippen molar-refractivity contribution in [1.29, 1.82) is 0 Å². The van der Waals surface area contributed by atoms with Crippen molar-refractivity contribution in [2.75, 3.05) is 5.75 Å². The summed E-state index contributed by atoms with van der Waals surface area (Å²) in [5.41, 5.74) is 0.693. The summed E-state index contributed by atoms with van der Waals surface area (Å²) in [5.74, 6) is -0.402. The predicted octanol–water partition coefficient (Wildman–Crippen LogP) is 3.84. The summed E-state index contributed by atoms with van der Waals surface area (Å²) in [6.07, 6.45) is 6.65. The highest BCUT2D eigenvalue weighted by atomic mass is 79.9. The first-order valence-corrected chi connectivity index (χ1v) is 11.3. The quantitative estimate of drug-likeness (QED) is 0.701. The molecule has 24 heavy (non-hydrogen) atoms. The minimum Gasteiger partial charge on any atom is -0.352 e. The van der Waals surface area contributed by atoms with Crippen molar-refractivity contribution in [1.82, 2.24) is 5.32 Å². The molecule has 2 rings (SSSR count). The third-order valence-corrected chi connectivity index (χ3v) is 6.53. The summed E-state index contributed by atoms with van der Waals surface area (Å²) in [4.78, 5) is 12.2. The Kier molecular flexibility index (Phi) is 7.29. The molecule has 0 saturated heterocycles. The van der Waals surface area contributed by atoms with Gasteiger partial charge in [-0.2, -0.15) is 0 Å².